The first-order valence-electron chi connectivity index (χ1n) is 7.13. The van der Waals surface area contributed by atoms with Gasteiger partial charge in [0.25, 0.3) is 0 Å². The van der Waals surface area contributed by atoms with Gasteiger partial charge in [0, 0.05) is 19.2 Å². The Kier molecular flexibility index (Phi) is 5.68. The third-order valence-electron chi connectivity index (χ3n) is 3.46. The summed E-state index contributed by atoms with van der Waals surface area (Å²) in [7, 11) is 0. The number of anilines is 1. The van der Waals surface area contributed by atoms with Crippen molar-refractivity contribution in [2.24, 2.45) is 5.73 Å². The molecule has 5 N–H and O–H groups in total. The number of hydrogen-bond donors (Lipinski definition) is 4. The van der Waals surface area contributed by atoms with Gasteiger partial charge in [-0.1, -0.05) is 0 Å². The van der Waals surface area contributed by atoms with Gasteiger partial charge in [-0.2, -0.15) is 4.98 Å². The second-order valence-corrected chi connectivity index (χ2v) is 5.04. The average molecular weight is 298 g/mol. The van der Waals surface area contributed by atoms with Crippen LogP contribution in [0.3, 0.4) is 0 Å². The predicted octanol–water partition coefficient (Wildman–Crippen LogP) is -0.965. The maximum atomic E-state index is 12.0. The zero-order valence-electron chi connectivity index (χ0n) is 11.8. The number of rotatable bonds is 7. The van der Waals surface area contributed by atoms with E-state index in [1.54, 1.807) is 12.3 Å². The fourth-order valence-corrected chi connectivity index (χ4v) is 2.27. The predicted molar refractivity (Wildman–Crippen MR) is 76.9 cm³/mol. The molecule has 0 spiro atoms. The van der Waals surface area contributed by atoms with Gasteiger partial charge in [0.1, 0.15) is 18.1 Å². The van der Waals surface area contributed by atoms with Crippen LogP contribution in [0.4, 0.5) is 5.82 Å². The molecular formula is C13H22N4O4. The Bertz CT molecular complexity index is 507. The molecule has 8 heteroatoms. The maximum Gasteiger partial charge on any atom is 0.351 e. The average Bonchev–Trinajstić information content (AvgIpc) is 2.84. The number of hydrogen-bond acceptors (Lipinski definition) is 7. The van der Waals surface area contributed by atoms with Crippen LogP contribution in [0.25, 0.3) is 0 Å². The van der Waals surface area contributed by atoms with Gasteiger partial charge in [-0.15, -0.1) is 0 Å². The Morgan fingerprint density at radius 2 is 2.33 bits per heavy atom. The molecule has 21 heavy (non-hydrogen) atoms. The third-order valence-corrected chi connectivity index (χ3v) is 3.46. The lowest BCUT2D eigenvalue weighted by Crippen LogP contribution is -2.28. The van der Waals surface area contributed by atoms with Crippen molar-refractivity contribution in [3.63, 3.8) is 0 Å². The number of ether oxygens (including phenoxy) is 1. The van der Waals surface area contributed by atoms with E-state index in [4.69, 9.17) is 15.6 Å². The van der Waals surface area contributed by atoms with Crippen LogP contribution in [0.5, 0.6) is 0 Å². The van der Waals surface area contributed by atoms with Crippen LogP contribution in [0.1, 0.15) is 25.5 Å². The second-order valence-electron chi connectivity index (χ2n) is 5.04. The van der Waals surface area contributed by atoms with E-state index in [1.165, 1.54) is 4.57 Å². The normalized spacial score (nSPS) is 25.2. The van der Waals surface area contributed by atoms with Crippen LogP contribution < -0.4 is 16.7 Å². The van der Waals surface area contributed by atoms with Crippen molar-refractivity contribution >= 4 is 5.82 Å². The minimum Gasteiger partial charge on any atom is -0.394 e. The highest BCUT2D eigenvalue weighted by molar-refractivity contribution is 5.31. The molecule has 0 aromatic carbocycles. The lowest BCUT2D eigenvalue weighted by Gasteiger charge is -2.14. The van der Waals surface area contributed by atoms with Gasteiger partial charge >= 0.3 is 5.69 Å². The maximum absolute atomic E-state index is 12.0. The van der Waals surface area contributed by atoms with Gasteiger partial charge < -0.3 is 26.0 Å². The summed E-state index contributed by atoms with van der Waals surface area (Å²) < 4.78 is 6.75. The summed E-state index contributed by atoms with van der Waals surface area (Å²) in [6, 6.07) is 1.69. The first-order valence-corrected chi connectivity index (χ1v) is 7.13. The fourth-order valence-electron chi connectivity index (χ4n) is 2.27. The van der Waals surface area contributed by atoms with Gasteiger partial charge in [-0.05, 0) is 25.5 Å². The van der Waals surface area contributed by atoms with E-state index >= 15 is 0 Å². The van der Waals surface area contributed by atoms with E-state index in [-0.39, 0.29) is 13.0 Å². The van der Waals surface area contributed by atoms with Crippen molar-refractivity contribution < 1.29 is 14.9 Å². The van der Waals surface area contributed by atoms with Crippen molar-refractivity contribution in [2.75, 3.05) is 25.0 Å². The summed E-state index contributed by atoms with van der Waals surface area (Å²) in [5.74, 6) is 0.505. The number of aliphatic hydroxyl groups is 2. The Morgan fingerprint density at radius 3 is 2.95 bits per heavy atom. The molecule has 2 rings (SSSR count). The number of nitrogens with zero attached hydrogens (tertiary/aromatic N) is 2. The van der Waals surface area contributed by atoms with Crippen LogP contribution in [-0.2, 0) is 4.74 Å². The quantitative estimate of drug-likeness (QED) is 0.478. The van der Waals surface area contributed by atoms with E-state index in [0.717, 1.165) is 12.8 Å². The monoisotopic (exact) mass is 298 g/mol. The summed E-state index contributed by atoms with van der Waals surface area (Å²) in [6.45, 7) is 1.07. The van der Waals surface area contributed by atoms with Crippen LogP contribution >= 0.6 is 0 Å². The van der Waals surface area contributed by atoms with Gasteiger partial charge in [0.2, 0.25) is 0 Å². The molecule has 1 saturated heterocycles. The summed E-state index contributed by atoms with van der Waals surface area (Å²) >= 11 is 0. The highest BCUT2D eigenvalue weighted by Gasteiger charge is 2.34. The molecule has 0 unspecified atom stereocenters. The third kappa shape index (κ3) is 4.01. The minimum atomic E-state index is -0.777. The van der Waals surface area contributed by atoms with E-state index in [1.807, 2.05) is 0 Å². The van der Waals surface area contributed by atoms with Crippen molar-refractivity contribution in [1.29, 1.82) is 0 Å². The lowest BCUT2D eigenvalue weighted by atomic mass is 10.2. The molecular weight excluding hydrogens is 276 g/mol. The van der Waals surface area contributed by atoms with E-state index in [2.05, 4.69) is 10.3 Å². The van der Waals surface area contributed by atoms with E-state index < -0.39 is 24.1 Å². The summed E-state index contributed by atoms with van der Waals surface area (Å²) in [5, 5.41) is 21.8. The van der Waals surface area contributed by atoms with Gasteiger partial charge in [0.05, 0.1) is 12.7 Å². The lowest BCUT2D eigenvalue weighted by molar-refractivity contribution is -0.0458. The Hall–Kier alpha value is -1.48. The number of nitrogens with one attached hydrogen (secondary N) is 1. The van der Waals surface area contributed by atoms with Gasteiger partial charge in [-0.25, -0.2) is 4.79 Å². The zero-order valence-corrected chi connectivity index (χ0v) is 11.8. The first kappa shape index (κ1) is 15.9. The van der Waals surface area contributed by atoms with E-state index in [0.29, 0.717) is 18.9 Å². The summed E-state index contributed by atoms with van der Waals surface area (Å²) in [5.41, 5.74) is 4.96. The number of aliphatic hydroxyl groups excluding tert-OH is 2. The summed E-state index contributed by atoms with van der Waals surface area (Å²) in [4.78, 5) is 15.9. The Labute approximate surface area is 122 Å². The van der Waals surface area contributed by atoms with E-state index in [9.17, 15) is 9.90 Å². The van der Waals surface area contributed by atoms with Crippen LogP contribution in [-0.4, -0.2) is 51.7 Å². The number of nitrogens with two attached hydrogens (primary N) is 1. The number of unbranched alkanes of at least 4 members (excludes halogenated alkanes) is 1. The smallest absolute Gasteiger partial charge is 0.351 e. The molecule has 1 aliphatic heterocycles. The molecule has 0 bridgehead atoms. The topological polar surface area (TPSA) is 123 Å². The Balaban J connectivity index is 1.98. The largest absolute Gasteiger partial charge is 0.394 e. The molecule has 1 aromatic rings. The van der Waals surface area contributed by atoms with Crippen LogP contribution in [0, 0.1) is 0 Å². The van der Waals surface area contributed by atoms with Gasteiger partial charge in [-0.3, -0.25) is 4.57 Å². The number of aromatic nitrogens is 2. The minimum absolute atomic E-state index is 0.260. The van der Waals surface area contributed by atoms with Crippen molar-refractivity contribution in [2.45, 2.75) is 37.7 Å². The molecule has 0 radical (unpaired) electrons. The van der Waals surface area contributed by atoms with Crippen molar-refractivity contribution in [1.82, 2.24) is 9.55 Å². The highest BCUT2D eigenvalue weighted by atomic mass is 16.5. The molecule has 1 fully saturated rings. The van der Waals surface area contributed by atoms with Crippen LogP contribution in [0.15, 0.2) is 17.1 Å². The first-order chi connectivity index (χ1) is 10.2. The molecule has 1 aromatic heterocycles. The molecule has 3 atom stereocenters. The highest BCUT2D eigenvalue weighted by Crippen LogP contribution is 2.27. The molecule has 118 valence electrons. The standard InChI is InChI=1S/C13H22N4O4/c14-4-1-2-5-15-11-3-6-17(13(20)16-11)12-7-9(19)10(8-18)21-12/h3,6,9-10,12,18-19H,1-2,4-5,7-8,14H2,(H,15,16,20)/t9-,10+,12+/m0/s1. The molecule has 0 saturated carbocycles. The fraction of sp³-hybridized carbons (Fsp3) is 0.692. The SMILES string of the molecule is NCCCCNc1ccn([C@H]2C[C@H](O)[C@@H](CO)O2)c(=O)n1. The zero-order chi connectivity index (χ0) is 15.2. The molecule has 0 aliphatic carbocycles. The summed E-state index contributed by atoms with van der Waals surface area (Å²) in [6.07, 6.45) is 1.64. The molecule has 8 nitrogen and oxygen atoms in total. The van der Waals surface area contributed by atoms with Gasteiger partial charge in [0.15, 0.2) is 0 Å². The molecule has 2 heterocycles. The molecule has 0 amide bonds. The van der Waals surface area contributed by atoms with Crippen LogP contribution in [0.2, 0.25) is 0 Å². The van der Waals surface area contributed by atoms with Crippen molar-refractivity contribution in [3.8, 4) is 0 Å². The second kappa shape index (κ2) is 7.51. The van der Waals surface area contributed by atoms with Crippen molar-refractivity contribution in [3.05, 3.63) is 22.7 Å². The molecule has 1 aliphatic rings. The Morgan fingerprint density at radius 1 is 1.52 bits per heavy atom.